The van der Waals surface area contributed by atoms with Crippen LogP contribution >= 0.6 is 11.8 Å². The predicted molar refractivity (Wildman–Crippen MR) is 65.9 cm³/mol. The first-order valence-corrected chi connectivity index (χ1v) is 6.61. The molecular weight excluding hydrogens is 234 g/mol. The number of aromatic nitrogens is 2. The van der Waals surface area contributed by atoms with Gasteiger partial charge in [-0.25, -0.2) is 0 Å². The minimum absolute atomic E-state index is 0.415. The Kier molecular flexibility index (Phi) is 3.11. The van der Waals surface area contributed by atoms with Gasteiger partial charge in [0.1, 0.15) is 0 Å². The number of nitrogens with zero attached hydrogens (tertiary/aromatic N) is 2. The SMILES string of the molecule is c1ccc(SCc2noc(C3CNC3)n2)cc1. The molecule has 0 saturated carbocycles. The maximum Gasteiger partial charge on any atom is 0.232 e. The third-order valence-electron chi connectivity index (χ3n) is 2.73. The van der Waals surface area contributed by atoms with Crippen molar-refractivity contribution in [2.45, 2.75) is 16.6 Å². The summed E-state index contributed by atoms with van der Waals surface area (Å²) in [6, 6.07) is 10.2. The number of thioether (sulfide) groups is 1. The van der Waals surface area contributed by atoms with Crippen molar-refractivity contribution in [3.63, 3.8) is 0 Å². The molecule has 2 aromatic rings. The third-order valence-corrected chi connectivity index (χ3v) is 3.73. The zero-order valence-electron chi connectivity index (χ0n) is 9.30. The molecule has 1 saturated heterocycles. The minimum Gasteiger partial charge on any atom is -0.339 e. The van der Waals surface area contributed by atoms with Crippen LogP contribution in [0.2, 0.25) is 0 Å². The van der Waals surface area contributed by atoms with Crippen molar-refractivity contribution in [2.75, 3.05) is 13.1 Å². The summed E-state index contributed by atoms with van der Waals surface area (Å²) >= 11 is 1.72. The number of rotatable bonds is 4. The summed E-state index contributed by atoms with van der Waals surface area (Å²) < 4.78 is 5.24. The lowest BCUT2D eigenvalue weighted by atomic mass is 10.0. The van der Waals surface area contributed by atoms with E-state index in [9.17, 15) is 0 Å². The van der Waals surface area contributed by atoms with Crippen LogP contribution in [0, 0.1) is 0 Å². The zero-order chi connectivity index (χ0) is 11.5. The maximum atomic E-state index is 5.24. The Balaban J connectivity index is 1.60. The van der Waals surface area contributed by atoms with Crippen LogP contribution in [0.1, 0.15) is 17.6 Å². The Morgan fingerprint density at radius 3 is 2.82 bits per heavy atom. The quantitative estimate of drug-likeness (QED) is 0.838. The second-order valence-corrected chi connectivity index (χ2v) is 5.05. The number of hydrogen-bond acceptors (Lipinski definition) is 5. The van der Waals surface area contributed by atoms with E-state index < -0.39 is 0 Å². The first-order chi connectivity index (χ1) is 8.42. The number of benzene rings is 1. The topological polar surface area (TPSA) is 51.0 Å². The van der Waals surface area contributed by atoms with Crippen molar-refractivity contribution in [3.05, 3.63) is 42.0 Å². The summed E-state index contributed by atoms with van der Waals surface area (Å²) in [6.45, 7) is 1.90. The van der Waals surface area contributed by atoms with Gasteiger partial charge in [-0.2, -0.15) is 4.98 Å². The lowest BCUT2D eigenvalue weighted by Crippen LogP contribution is -2.40. The van der Waals surface area contributed by atoms with E-state index in [1.165, 1.54) is 4.90 Å². The molecule has 1 fully saturated rings. The van der Waals surface area contributed by atoms with E-state index in [2.05, 4.69) is 27.6 Å². The lowest BCUT2D eigenvalue weighted by Gasteiger charge is -2.22. The monoisotopic (exact) mass is 247 g/mol. The standard InChI is InChI=1S/C12H13N3OS/c1-2-4-10(5-3-1)17-8-11-14-12(16-15-11)9-6-13-7-9/h1-5,9,13H,6-8H2. The fourth-order valence-electron chi connectivity index (χ4n) is 1.62. The summed E-state index contributed by atoms with van der Waals surface area (Å²) in [6.07, 6.45) is 0. The molecule has 0 spiro atoms. The van der Waals surface area contributed by atoms with Gasteiger partial charge < -0.3 is 9.84 Å². The molecule has 0 bridgehead atoms. The molecule has 1 aliphatic rings. The van der Waals surface area contributed by atoms with E-state index in [-0.39, 0.29) is 0 Å². The van der Waals surface area contributed by atoms with Crippen LogP contribution in [0.5, 0.6) is 0 Å². The Bertz CT molecular complexity index is 482. The van der Waals surface area contributed by atoms with E-state index in [4.69, 9.17) is 4.52 Å². The van der Waals surface area contributed by atoms with Gasteiger partial charge >= 0.3 is 0 Å². The van der Waals surface area contributed by atoms with Crippen LogP contribution in [-0.2, 0) is 5.75 Å². The zero-order valence-corrected chi connectivity index (χ0v) is 10.1. The predicted octanol–water partition coefficient (Wildman–Crippen LogP) is 2.05. The fraction of sp³-hybridized carbons (Fsp3) is 0.333. The van der Waals surface area contributed by atoms with Crippen molar-refractivity contribution >= 4 is 11.8 Å². The number of nitrogens with one attached hydrogen (secondary N) is 1. The molecule has 0 unspecified atom stereocenters. The molecule has 4 nitrogen and oxygen atoms in total. The second-order valence-electron chi connectivity index (χ2n) is 4.01. The van der Waals surface area contributed by atoms with E-state index in [1.54, 1.807) is 11.8 Å². The van der Waals surface area contributed by atoms with Crippen molar-refractivity contribution < 1.29 is 4.52 Å². The molecule has 88 valence electrons. The molecule has 5 heteroatoms. The lowest BCUT2D eigenvalue weighted by molar-refractivity contribution is 0.306. The molecule has 0 radical (unpaired) electrons. The second kappa shape index (κ2) is 4.89. The summed E-state index contributed by atoms with van der Waals surface area (Å²) in [5.74, 6) is 2.72. The van der Waals surface area contributed by atoms with Crippen LogP contribution in [-0.4, -0.2) is 23.2 Å². The Hall–Kier alpha value is -1.33. The molecule has 17 heavy (non-hydrogen) atoms. The molecule has 2 heterocycles. The summed E-state index contributed by atoms with van der Waals surface area (Å²) in [4.78, 5) is 5.63. The van der Waals surface area contributed by atoms with Gasteiger partial charge in [0.2, 0.25) is 5.89 Å². The van der Waals surface area contributed by atoms with Gasteiger partial charge in [-0.1, -0.05) is 23.4 Å². The van der Waals surface area contributed by atoms with Crippen molar-refractivity contribution in [1.82, 2.24) is 15.5 Å². The molecule has 0 aliphatic carbocycles. The van der Waals surface area contributed by atoms with Gasteiger partial charge in [-0.15, -0.1) is 11.8 Å². The van der Waals surface area contributed by atoms with E-state index in [1.807, 2.05) is 18.2 Å². The Labute approximate surface area is 104 Å². The molecule has 0 amide bonds. The van der Waals surface area contributed by atoms with Crippen molar-refractivity contribution in [3.8, 4) is 0 Å². The fourth-order valence-corrected chi connectivity index (χ4v) is 2.38. The normalized spacial score (nSPS) is 15.8. The van der Waals surface area contributed by atoms with Crippen LogP contribution in [0.25, 0.3) is 0 Å². The van der Waals surface area contributed by atoms with Crippen LogP contribution in [0.3, 0.4) is 0 Å². The molecule has 1 aromatic heterocycles. The highest BCUT2D eigenvalue weighted by Gasteiger charge is 2.24. The minimum atomic E-state index is 0.415. The number of hydrogen-bond donors (Lipinski definition) is 1. The van der Waals surface area contributed by atoms with Gasteiger partial charge in [0.25, 0.3) is 0 Å². The van der Waals surface area contributed by atoms with Crippen molar-refractivity contribution in [2.24, 2.45) is 0 Å². The molecule has 0 atom stereocenters. The maximum absolute atomic E-state index is 5.24. The van der Waals surface area contributed by atoms with Gasteiger partial charge in [0.05, 0.1) is 11.7 Å². The third kappa shape index (κ3) is 2.50. The first-order valence-electron chi connectivity index (χ1n) is 5.63. The molecule has 1 aromatic carbocycles. The van der Waals surface area contributed by atoms with Crippen LogP contribution in [0.4, 0.5) is 0 Å². The van der Waals surface area contributed by atoms with E-state index >= 15 is 0 Å². The first kappa shape index (κ1) is 10.8. The summed E-state index contributed by atoms with van der Waals surface area (Å²) in [5, 5.41) is 7.19. The average molecular weight is 247 g/mol. The van der Waals surface area contributed by atoms with Gasteiger partial charge in [0, 0.05) is 18.0 Å². The van der Waals surface area contributed by atoms with Crippen LogP contribution < -0.4 is 5.32 Å². The van der Waals surface area contributed by atoms with Gasteiger partial charge in [-0.3, -0.25) is 0 Å². The molecule has 1 aliphatic heterocycles. The Morgan fingerprint density at radius 1 is 1.29 bits per heavy atom. The molecule has 3 rings (SSSR count). The summed E-state index contributed by atoms with van der Waals surface area (Å²) in [7, 11) is 0. The highest BCUT2D eigenvalue weighted by Crippen LogP contribution is 2.23. The van der Waals surface area contributed by atoms with E-state index in [0.29, 0.717) is 5.92 Å². The van der Waals surface area contributed by atoms with Crippen molar-refractivity contribution in [1.29, 1.82) is 0 Å². The average Bonchev–Trinajstić information content (AvgIpc) is 2.74. The highest BCUT2D eigenvalue weighted by molar-refractivity contribution is 7.98. The molecular formula is C12H13N3OS. The Morgan fingerprint density at radius 2 is 2.12 bits per heavy atom. The van der Waals surface area contributed by atoms with Gasteiger partial charge in [0.15, 0.2) is 5.82 Å². The summed E-state index contributed by atoms with van der Waals surface area (Å²) in [5.41, 5.74) is 0. The highest BCUT2D eigenvalue weighted by atomic mass is 32.2. The molecule has 1 N–H and O–H groups in total. The van der Waals surface area contributed by atoms with Crippen LogP contribution in [0.15, 0.2) is 39.8 Å². The smallest absolute Gasteiger partial charge is 0.232 e. The van der Waals surface area contributed by atoms with E-state index in [0.717, 1.165) is 30.6 Å². The van der Waals surface area contributed by atoms with Gasteiger partial charge in [-0.05, 0) is 12.1 Å². The largest absolute Gasteiger partial charge is 0.339 e.